The van der Waals surface area contributed by atoms with Crippen molar-refractivity contribution in [2.75, 3.05) is 0 Å². The van der Waals surface area contributed by atoms with Gasteiger partial charge in [-0.1, -0.05) is 54.1 Å². The Balaban J connectivity index is 2.05. The number of fused-ring (bicyclic) bond motifs is 5. The van der Waals surface area contributed by atoms with Crippen molar-refractivity contribution in [3.63, 3.8) is 0 Å². The van der Waals surface area contributed by atoms with Crippen LogP contribution in [0.15, 0.2) is 54.6 Å². The summed E-state index contributed by atoms with van der Waals surface area (Å²) in [4.78, 5) is 0. The molecule has 1 aliphatic carbocycles. The van der Waals surface area contributed by atoms with E-state index in [0.29, 0.717) is 0 Å². The molecule has 0 N–H and O–H groups in total. The monoisotopic (exact) mass is 264 g/mol. The predicted octanol–water partition coefficient (Wildman–Crippen LogP) is 5.26. The van der Waals surface area contributed by atoms with Gasteiger partial charge in [-0.05, 0) is 58.0 Å². The van der Waals surface area contributed by atoms with Gasteiger partial charge in [0, 0.05) is 5.02 Å². The van der Waals surface area contributed by atoms with Crippen LogP contribution in [0.5, 0.6) is 0 Å². The van der Waals surface area contributed by atoms with E-state index in [4.69, 9.17) is 11.6 Å². The van der Waals surface area contributed by atoms with E-state index < -0.39 is 0 Å². The van der Waals surface area contributed by atoms with Crippen molar-refractivity contribution < 1.29 is 0 Å². The van der Waals surface area contributed by atoms with Crippen molar-refractivity contribution in [1.29, 1.82) is 0 Å². The summed E-state index contributed by atoms with van der Waals surface area (Å²) in [6.07, 6.45) is 2.18. The molecule has 0 spiro atoms. The highest BCUT2D eigenvalue weighted by atomic mass is 35.5. The molecule has 0 saturated heterocycles. The van der Waals surface area contributed by atoms with Gasteiger partial charge in [-0.2, -0.15) is 0 Å². The standard InChI is InChI=1S/C18H13Cl/c19-14-7-10-16-13(11-14)6-9-17-15-4-2-1-3-12(15)5-8-18(16)17/h1-5,7-8,10-11H,6,9H2. The third-order valence-corrected chi connectivity index (χ3v) is 4.28. The normalized spacial score (nSPS) is 13.1. The Morgan fingerprint density at radius 1 is 0.789 bits per heavy atom. The molecular weight excluding hydrogens is 252 g/mol. The minimum Gasteiger partial charge on any atom is -0.0843 e. The van der Waals surface area contributed by atoms with Crippen LogP contribution in [0.4, 0.5) is 0 Å². The Hall–Kier alpha value is -1.79. The summed E-state index contributed by atoms with van der Waals surface area (Å²) in [7, 11) is 0. The van der Waals surface area contributed by atoms with E-state index in [0.717, 1.165) is 17.9 Å². The fourth-order valence-corrected chi connectivity index (χ4v) is 3.34. The molecule has 0 amide bonds. The Morgan fingerprint density at radius 3 is 2.58 bits per heavy atom. The van der Waals surface area contributed by atoms with Gasteiger partial charge < -0.3 is 0 Å². The number of hydrogen-bond donors (Lipinski definition) is 0. The molecule has 0 bridgehead atoms. The van der Waals surface area contributed by atoms with E-state index in [9.17, 15) is 0 Å². The lowest BCUT2D eigenvalue weighted by atomic mass is 9.83. The zero-order valence-electron chi connectivity index (χ0n) is 10.5. The molecule has 0 heterocycles. The van der Waals surface area contributed by atoms with E-state index in [-0.39, 0.29) is 0 Å². The maximum Gasteiger partial charge on any atom is 0.0409 e. The third-order valence-electron chi connectivity index (χ3n) is 4.04. The molecule has 0 saturated carbocycles. The van der Waals surface area contributed by atoms with Gasteiger partial charge >= 0.3 is 0 Å². The molecule has 0 aliphatic heterocycles. The quantitative estimate of drug-likeness (QED) is 0.520. The van der Waals surface area contributed by atoms with Crippen molar-refractivity contribution in [3.05, 3.63) is 70.7 Å². The first-order valence-electron chi connectivity index (χ1n) is 6.62. The fourth-order valence-electron chi connectivity index (χ4n) is 3.15. The molecule has 0 atom stereocenters. The molecule has 92 valence electrons. The highest BCUT2D eigenvalue weighted by molar-refractivity contribution is 6.30. The van der Waals surface area contributed by atoms with Crippen molar-refractivity contribution >= 4 is 22.4 Å². The largest absolute Gasteiger partial charge is 0.0843 e. The van der Waals surface area contributed by atoms with Crippen molar-refractivity contribution in [2.24, 2.45) is 0 Å². The van der Waals surface area contributed by atoms with E-state index in [1.54, 1.807) is 0 Å². The first kappa shape index (κ1) is 11.1. The SMILES string of the molecule is Clc1ccc2c(c1)CCc1c-2ccc2ccccc12. The summed E-state index contributed by atoms with van der Waals surface area (Å²) in [6.45, 7) is 0. The molecule has 0 aromatic heterocycles. The summed E-state index contributed by atoms with van der Waals surface area (Å²) in [6, 6.07) is 19.4. The van der Waals surface area contributed by atoms with Gasteiger partial charge in [0.2, 0.25) is 0 Å². The van der Waals surface area contributed by atoms with Crippen molar-refractivity contribution in [2.45, 2.75) is 12.8 Å². The lowest BCUT2D eigenvalue weighted by Crippen LogP contribution is -2.04. The second kappa shape index (κ2) is 4.11. The summed E-state index contributed by atoms with van der Waals surface area (Å²) in [5.41, 5.74) is 5.57. The molecule has 1 aliphatic rings. The first-order valence-corrected chi connectivity index (χ1v) is 7.00. The minimum atomic E-state index is 0.836. The van der Waals surface area contributed by atoms with Crippen LogP contribution < -0.4 is 0 Å². The van der Waals surface area contributed by atoms with Gasteiger partial charge in [0.15, 0.2) is 0 Å². The van der Waals surface area contributed by atoms with E-state index in [1.165, 1.54) is 33.0 Å². The maximum atomic E-state index is 6.10. The van der Waals surface area contributed by atoms with Gasteiger partial charge in [0.05, 0.1) is 0 Å². The van der Waals surface area contributed by atoms with E-state index in [2.05, 4.69) is 48.5 Å². The van der Waals surface area contributed by atoms with Crippen LogP contribution in [-0.4, -0.2) is 0 Å². The zero-order chi connectivity index (χ0) is 12.8. The highest BCUT2D eigenvalue weighted by Crippen LogP contribution is 2.38. The lowest BCUT2D eigenvalue weighted by Gasteiger charge is -2.21. The number of aryl methyl sites for hydroxylation is 2. The zero-order valence-corrected chi connectivity index (χ0v) is 11.2. The van der Waals surface area contributed by atoms with Crippen molar-refractivity contribution in [3.8, 4) is 11.1 Å². The maximum absolute atomic E-state index is 6.10. The van der Waals surface area contributed by atoms with Gasteiger partial charge in [0.25, 0.3) is 0 Å². The second-order valence-electron chi connectivity index (χ2n) is 5.11. The average molecular weight is 265 g/mol. The molecule has 1 heteroatoms. The predicted molar refractivity (Wildman–Crippen MR) is 81.8 cm³/mol. The Bertz CT molecular complexity index is 787. The number of rotatable bonds is 0. The van der Waals surface area contributed by atoms with Gasteiger partial charge in [0.1, 0.15) is 0 Å². The number of halogens is 1. The smallest absolute Gasteiger partial charge is 0.0409 e. The van der Waals surface area contributed by atoms with E-state index >= 15 is 0 Å². The number of hydrogen-bond acceptors (Lipinski definition) is 0. The summed E-state index contributed by atoms with van der Waals surface area (Å²) in [5, 5.41) is 3.56. The van der Waals surface area contributed by atoms with Crippen LogP contribution in [0.25, 0.3) is 21.9 Å². The Kier molecular flexibility index (Phi) is 2.39. The minimum absolute atomic E-state index is 0.836. The summed E-state index contributed by atoms with van der Waals surface area (Å²) in [5.74, 6) is 0. The molecule has 3 aromatic carbocycles. The molecule has 0 unspecified atom stereocenters. The van der Waals surface area contributed by atoms with Crippen LogP contribution in [-0.2, 0) is 12.8 Å². The molecule has 0 nitrogen and oxygen atoms in total. The van der Waals surface area contributed by atoms with Crippen LogP contribution in [0.2, 0.25) is 5.02 Å². The second-order valence-corrected chi connectivity index (χ2v) is 5.55. The lowest BCUT2D eigenvalue weighted by molar-refractivity contribution is 0.951. The Morgan fingerprint density at radius 2 is 1.63 bits per heavy atom. The summed E-state index contributed by atoms with van der Waals surface area (Å²) >= 11 is 6.10. The van der Waals surface area contributed by atoms with Crippen LogP contribution in [0.1, 0.15) is 11.1 Å². The van der Waals surface area contributed by atoms with E-state index in [1.807, 2.05) is 6.07 Å². The van der Waals surface area contributed by atoms with Crippen LogP contribution in [0.3, 0.4) is 0 Å². The summed E-state index contributed by atoms with van der Waals surface area (Å²) < 4.78 is 0. The molecule has 0 fully saturated rings. The topological polar surface area (TPSA) is 0 Å². The van der Waals surface area contributed by atoms with Gasteiger partial charge in [-0.25, -0.2) is 0 Å². The molecule has 19 heavy (non-hydrogen) atoms. The molecule has 3 aromatic rings. The third kappa shape index (κ3) is 1.67. The molecule has 0 radical (unpaired) electrons. The van der Waals surface area contributed by atoms with Crippen molar-refractivity contribution in [1.82, 2.24) is 0 Å². The van der Waals surface area contributed by atoms with Crippen LogP contribution in [0, 0.1) is 0 Å². The Labute approximate surface area is 117 Å². The average Bonchev–Trinajstić information content (AvgIpc) is 2.46. The molecule has 4 rings (SSSR count). The fraction of sp³-hybridized carbons (Fsp3) is 0.111. The molecular formula is C18H13Cl. The number of benzene rings is 3. The van der Waals surface area contributed by atoms with Gasteiger partial charge in [-0.3, -0.25) is 0 Å². The van der Waals surface area contributed by atoms with Gasteiger partial charge in [-0.15, -0.1) is 0 Å². The van der Waals surface area contributed by atoms with Crippen LogP contribution >= 0.6 is 11.6 Å². The first-order chi connectivity index (χ1) is 9.33. The highest BCUT2D eigenvalue weighted by Gasteiger charge is 2.17.